The number of hydrogen-bond acceptors (Lipinski definition) is 3. The number of phenols is 1. The Bertz CT molecular complexity index is 324. The van der Waals surface area contributed by atoms with Gasteiger partial charge < -0.3 is 15.3 Å². The molecule has 2 rings (SSSR count). The molecule has 1 aromatic rings. The SMILES string of the molecule is Oc1ccc(N2CCNCC2)c(Br)c1. The van der Waals surface area contributed by atoms with Gasteiger partial charge in [-0.25, -0.2) is 0 Å². The van der Waals surface area contributed by atoms with E-state index in [-0.39, 0.29) is 0 Å². The van der Waals surface area contributed by atoms with Crippen LogP contribution in [0, 0.1) is 0 Å². The van der Waals surface area contributed by atoms with Crippen LogP contribution in [0.1, 0.15) is 0 Å². The van der Waals surface area contributed by atoms with Crippen molar-refractivity contribution in [3.05, 3.63) is 22.7 Å². The monoisotopic (exact) mass is 256 g/mol. The van der Waals surface area contributed by atoms with Gasteiger partial charge in [0, 0.05) is 30.7 Å². The van der Waals surface area contributed by atoms with Crippen LogP contribution in [0.3, 0.4) is 0 Å². The fourth-order valence-corrected chi connectivity index (χ4v) is 2.28. The second-order valence-electron chi connectivity index (χ2n) is 3.37. The zero-order valence-electron chi connectivity index (χ0n) is 7.83. The Morgan fingerprint density at radius 1 is 1.29 bits per heavy atom. The number of hydrogen-bond donors (Lipinski definition) is 2. The van der Waals surface area contributed by atoms with Crippen LogP contribution in [0.5, 0.6) is 5.75 Å². The second kappa shape index (κ2) is 4.19. The number of piperazine rings is 1. The Hall–Kier alpha value is -0.740. The zero-order valence-corrected chi connectivity index (χ0v) is 9.42. The number of rotatable bonds is 1. The summed E-state index contributed by atoms with van der Waals surface area (Å²) in [7, 11) is 0. The number of halogens is 1. The summed E-state index contributed by atoms with van der Waals surface area (Å²) in [5.41, 5.74) is 1.16. The van der Waals surface area contributed by atoms with Crippen LogP contribution < -0.4 is 10.2 Å². The van der Waals surface area contributed by atoms with Crippen LogP contribution in [0.2, 0.25) is 0 Å². The van der Waals surface area contributed by atoms with Gasteiger partial charge >= 0.3 is 0 Å². The first kappa shape index (κ1) is 9.80. The summed E-state index contributed by atoms with van der Waals surface area (Å²) in [4.78, 5) is 2.31. The van der Waals surface area contributed by atoms with Crippen molar-refractivity contribution < 1.29 is 5.11 Å². The Balaban J connectivity index is 2.22. The average Bonchev–Trinajstić information content (AvgIpc) is 2.19. The summed E-state index contributed by atoms with van der Waals surface area (Å²) in [5.74, 6) is 0.302. The van der Waals surface area contributed by atoms with E-state index < -0.39 is 0 Å². The quantitative estimate of drug-likeness (QED) is 0.801. The van der Waals surface area contributed by atoms with Crippen molar-refractivity contribution in [2.75, 3.05) is 31.1 Å². The number of benzene rings is 1. The van der Waals surface area contributed by atoms with Gasteiger partial charge in [0.1, 0.15) is 5.75 Å². The average molecular weight is 257 g/mol. The molecule has 0 radical (unpaired) electrons. The number of phenolic OH excluding ortho intramolecular Hbond substituents is 1. The van der Waals surface area contributed by atoms with Gasteiger partial charge in [-0.2, -0.15) is 0 Å². The molecule has 0 aliphatic carbocycles. The number of anilines is 1. The van der Waals surface area contributed by atoms with E-state index >= 15 is 0 Å². The molecule has 1 aliphatic rings. The molecule has 4 heteroatoms. The first-order valence-electron chi connectivity index (χ1n) is 4.71. The normalized spacial score (nSPS) is 17.1. The summed E-state index contributed by atoms with van der Waals surface area (Å²) in [6, 6.07) is 5.41. The molecule has 76 valence electrons. The predicted molar refractivity (Wildman–Crippen MR) is 60.9 cm³/mol. The fraction of sp³-hybridized carbons (Fsp3) is 0.400. The molecule has 0 bridgehead atoms. The minimum absolute atomic E-state index is 0.302. The van der Waals surface area contributed by atoms with E-state index in [0.29, 0.717) is 5.75 Å². The summed E-state index contributed by atoms with van der Waals surface area (Å²) in [6.07, 6.45) is 0. The van der Waals surface area contributed by atoms with Crippen molar-refractivity contribution in [3.63, 3.8) is 0 Å². The maximum Gasteiger partial charge on any atom is 0.116 e. The first-order valence-corrected chi connectivity index (χ1v) is 5.51. The van der Waals surface area contributed by atoms with E-state index in [1.165, 1.54) is 0 Å². The van der Waals surface area contributed by atoms with Gasteiger partial charge in [-0.15, -0.1) is 0 Å². The Morgan fingerprint density at radius 3 is 2.64 bits per heavy atom. The smallest absolute Gasteiger partial charge is 0.116 e. The lowest BCUT2D eigenvalue weighted by atomic mass is 10.2. The van der Waals surface area contributed by atoms with Crippen LogP contribution in [0.25, 0.3) is 0 Å². The van der Waals surface area contributed by atoms with Crippen LogP contribution in [-0.2, 0) is 0 Å². The summed E-state index contributed by atoms with van der Waals surface area (Å²) in [5, 5.41) is 12.6. The first-order chi connectivity index (χ1) is 6.77. The highest BCUT2D eigenvalue weighted by Gasteiger charge is 2.12. The van der Waals surface area contributed by atoms with Crippen LogP contribution in [0.15, 0.2) is 22.7 Å². The molecule has 0 aromatic heterocycles. The van der Waals surface area contributed by atoms with E-state index in [1.807, 2.05) is 6.07 Å². The molecule has 3 nitrogen and oxygen atoms in total. The Morgan fingerprint density at radius 2 is 2.00 bits per heavy atom. The fourth-order valence-electron chi connectivity index (χ4n) is 1.66. The van der Waals surface area contributed by atoms with E-state index in [1.54, 1.807) is 12.1 Å². The second-order valence-corrected chi connectivity index (χ2v) is 4.23. The van der Waals surface area contributed by atoms with Gasteiger partial charge in [0.05, 0.1) is 5.69 Å². The molecule has 0 saturated carbocycles. The number of nitrogens with one attached hydrogen (secondary N) is 1. The lowest BCUT2D eigenvalue weighted by molar-refractivity contribution is 0.475. The molecule has 0 spiro atoms. The Labute approximate surface area is 91.9 Å². The van der Waals surface area contributed by atoms with Crippen LogP contribution >= 0.6 is 15.9 Å². The van der Waals surface area contributed by atoms with Gasteiger partial charge in [-0.05, 0) is 34.1 Å². The third kappa shape index (κ3) is 2.01. The lowest BCUT2D eigenvalue weighted by Crippen LogP contribution is -2.43. The van der Waals surface area contributed by atoms with Gasteiger partial charge in [-0.1, -0.05) is 0 Å². The standard InChI is InChI=1S/C10H13BrN2O/c11-9-7-8(14)1-2-10(9)13-5-3-12-4-6-13/h1-2,7,12,14H,3-6H2. The van der Waals surface area contributed by atoms with E-state index in [2.05, 4.69) is 26.1 Å². The summed E-state index contributed by atoms with van der Waals surface area (Å²) in [6.45, 7) is 4.08. The highest BCUT2D eigenvalue weighted by atomic mass is 79.9. The topological polar surface area (TPSA) is 35.5 Å². The molecule has 0 atom stereocenters. The molecule has 0 unspecified atom stereocenters. The van der Waals surface area contributed by atoms with Crippen molar-refractivity contribution in [2.45, 2.75) is 0 Å². The largest absolute Gasteiger partial charge is 0.508 e. The van der Waals surface area contributed by atoms with Crippen molar-refractivity contribution in [2.24, 2.45) is 0 Å². The van der Waals surface area contributed by atoms with E-state index in [0.717, 1.165) is 36.3 Å². The summed E-state index contributed by atoms with van der Waals surface area (Å²) >= 11 is 3.46. The van der Waals surface area contributed by atoms with Crippen LogP contribution in [0.4, 0.5) is 5.69 Å². The molecule has 1 aliphatic heterocycles. The maximum atomic E-state index is 9.28. The van der Waals surface area contributed by atoms with Gasteiger partial charge in [0.15, 0.2) is 0 Å². The van der Waals surface area contributed by atoms with Gasteiger partial charge in [-0.3, -0.25) is 0 Å². The lowest BCUT2D eigenvalue weighted by Gasteiger charge is -2.30. The maximum absolute atomic E-state index is 9.28. The van der Waals surface area contributed by atoms with Crippen molar-refractivity contribution in [1.82, 2.24) is 5.32 Å². The minimum atomic E-state index is 0.302. The molecular weight excluding hydrogens is 244 g/mol. The molecule has 1 fully saturated rings. The molecule has 14 heavy (non-hydrogen) atoms. The predicted octanol–water partition coefficient (Wildman–Crippen LogP) is 1.56. The Kier molecular flexibility index (Phi) is 2.93. The molecular formula is C10H13BrN2O. The van der Waals surface area contributed by atoms with Crippen LogP contribution in [-0.4, -0.2) is 31.3 Å². The molecule has 1 aromatic carbocycles. The third-order valence-electron chi connectivity index (χ3n) is 2.39. The van der Waals surface area contributed by atoms with Crippen molar-refractivity contribution in [1.29, 1.82) is 0 Å². The third-order valence-corrected chi connectivity index (χ3v) is 3.02. The highest BCUT2D eigenvalue weighted by molar-refractivity contribution is 9.10. The summed E-state index contributed by atoms with van der Waals surface area (Å²) < 4.78 is 0.958. The molecule has 0 amide bonds. The number of aromatic hydroxyl groups is 1. The minimum Gasteiger partial charge on any atom is -0.508 e. The highest BCUT2D eigenvalue weighted by Crippen LogP contribution is 2.29. The molecule has 1 saturated heterocycles. The molecule has 2 N–H and O–H groups in total. The number of nitrogens with zero attached hydrogens (tertiary/aromatic N) is 1. The van der Waals surface area contributed by atoms with Crippen molar-refractivity contribution in [3.8, 4) is 5.75 Å². The van der Waals surface area contributed by atoms with E-state index in [4.69, 9.17) is 0 Å². The van der Waals surface area contributed by atoms with E-state index in [9.17, 15) is 5.11 Å². The van der Waals surface area contributed by atoms with Gasteiger partial charge in [0.25, 0.3) is 0 Å². The van der Waals surface area contributed by atoms with Gasteiger partial charge in [0.2, 0.25) is 0 Å². The van der Waals surface area contributed by atoms with Crippen molar-refractivity contribution >= 4 is 21.6 Å². The molecule has 1 heterocycles. The zero-order chi connectivity index (χ0) is 9.97.